The third kappa shape index (κ3) is 16.1. The predicted molar refractivity (Wildman–Crippen MR) is 216 cm³/mol. The van der Waals surface area contributed by atoms with Gasteiger partial charge in [-0.05, 0) is 93.7 Å². The summed E-state index contributed by atoms with van der Waals surface area (Å²) in [7, 11) is 11.5. The Morgan fingerprint density at radius 1 is 0.804 bits per heavy atom. The number of nitrogens with one attached hydrogen (secondary N) is 3. The van der Waals surface area contributed by atoms with Crippen molar-refractivity contribution in [2.75, 3.05) is 5.73 Å². The molecule has 276 valence electrons. The van der Waals surface area contributed by atoms with Crippen molar-refractivity contribution in [1.82, 2.24) is 24.5 Å². The van der Waals surface area contributed by atoms with E-state index >= 15 is 0 Å². The minimum atomic E-state index is -0.826. The third-order valence-corrected chi connectivity index (χ3v) is 8.15. The first-order valence-corrected chi connectivity index (χ1v) is 26.3. The number of nitro groups is 2. The summed E-state index contributed by atoms with van der Waals surface area (Å²) in [4.78, 5) is 73.9. The second-order valence-electron chi connectivity index (χ2n) is 9.23. The minimum absolute atomic E-state index is 0.234. The number of nitrogen functional groups attached to an aromatic ring is 1. The molecule has 0 aromatic carbocycles. The summed E-state index contributed by atoms with van der Waals surface area (Å²) in [6.45, 7) is 6.95. The zero-order chi connectivity index (χ0) is 39.7. The number of oxazole rings is 1. The second kappa shape index (κ2) is 24.1. The maximum absolute atomic E-state index is 11.1. The van der Waals surface area contributed by atoms with E-state index in [4.69, 9.17) is 28.0 Å². The molecule has 2 radical (unpaired) electrons. The van der Waals surface area contributed by atoms with E-state index in [1.807, 2.05) is 13.0 Å². The molecular formula is C26H25Br5Cl2N8O9Sn. The summed E-state index contributed by atoms with van der Waals surface area (Å²) in [5, 5.41) is 20.4. The summed E-state index contributed by atoms with van der Waals surface area (Å²) < 4.78 is 8.55. The molecule has 0 saturated carbocycles. The monoisotopic (exact) mass is 1180 g/mol. The molecule has 0 saturated heterocycles. The van der Waals surface area contributed by atoms with Crippen molar-refractivity contribution in [2.45, 2.75) is 27.7 Å². The van der Waals surface area contributed by atoms with Crippen LogP contribution >= 0.6 is 93.9 Å². The van der Waals surface area contributed by atoms with E-state index in [2.05, 4.69) is 96.0 Å². The summed E-state index contributed by atoms with van der Waals surface area (Å²) in [6.07, 6.45) is 0. The Balaban J connectivity index is 0.000000629. The van der Waals surface area contributed by atoms with Gasteiger partial charge in [-0.2, -0.15) is 0 Å². The summed E-state index contributed by atoms with van der Waals surface area (Å²) in [6, 6.07) is 7.28. The number of rotatable bonds is 2. The fourth-order valence-electron chi connectivity index (χ4n) is 3.16. The van der Waals surface area contributed by atoms with Crippen molar-refractivity contribution < 1.29 is 14.3 Å². The fraction of sp³-hybridized carbons (Fsp3) is 0.192. The molecular weight excluding hydrogens is 1160 g/mol. The molecule has 0 bridgehead atoms. The molecule has 0 aliphatic rings. The van der Waals surface area contributed by atoms with Gasteiger partial charge in [-0.3, -0.25) is 39.2 Å². The molecule has 5 heterocycles. The van der Waals surface area contributed by atoms with Crippen LogP contribution in [0.3, 0.4) is 0 Å². The Morgan fingerprint density at radius 3 is 1.75 bits per heavy atom. The topological polar surface area (TPSA) is 259 Å². The molecule has 5 aromatic rings. The zero-order valence-electron chi connectivity index (χ0n) is 26.6. The first-order valence-electron chi connectivity index (χ1n) is 13.0. The molecule has 25 heteroatoms. The number of anilines is 1. The van der Waals surface area contributed by atoms with Crippen LogP contribution in [0, 0.1) is 47.9 Å². The van der Waals surface area contributed by atoms with Gasteiger partial charge in [0.2, 0.25) is 5.71 Å². The van der Waals surface area contributed by atoms with E-state index in [9.17, 15) is 39.4 Å². The maximum atomic E-state index is 11.1. The van der Waals surface area contributed by atoms with E-state index in [1.165, 1.54) is 22.8 Å². The zero-order valence-corrected chi connectivity index (χ0v) is 38.9. The Morgan fingerprint density at radius 2 is 1.27 bits per heavy atom. The van der Waals surface area contributed by atoms with Gasteiger partial charge in [0.05, 0.1) is 21.2 Å². The van der Waals surface area contributed by atoms with E-state index in [1.54, 1.807) is 33.9 Å². The number of aryl methyl sites for hydroxylation is 5. The molecule has 0 aliphatic heterocycles. The molecule has 0 unspecified atom stereocenters. The van der Waals surface area contributed by atoms with Crippen LogP contribution in [0.15, 0.2) is 67.3 Å². The number of hydrogen-bond acceptors (Lipinski definition) is 11. The first-order chi connectivity index (χ1) is 23.7. The second-order valence-corrected chi connectivity index (χ2v) is 16.0. The number of nitrogens with two attached hydrogens (primary N) is 1. The van der Waals surface area contributed by atoms with Gasteiger partial charge in [-0.1, -0.05) is 0 Å². The molecule has 51 heavy (non-hydrogen) atoms. The summed E-state index contributed by atoms with van der Waals surface area (Å²) in [5.74, 6) is -0.389. The Bertz CT molecular complexity index is 2210. The van der Waals surface area contributed by atoms with Crippen LogP contribution in [0.5, 0.6) is 0 Å². The van der Waals surface area contributed by atoms with Crippen LogP contribution in [-0.2, 0) is 7.05 Å². The van der Waals surface area contributed by atoms with Crippen molar-refractivity contribution in [1.29, 1.82) is 0 Å². The number of hydrogen-bond donors (Lipinski definition) is 4. The molecule has 17 nitrogen and oxygen atoms in total. The Labute approximate surface area is 345 Å². The van der Waals surface area contributed by atoms with Gasteiger partial charge < -0.3 is 25.1 Å². The van der Waals surface area contributed by atoms with Gasteiger partial charge in [0.1, 0.15) is 5.52 Å². The van der Waals surface area contributed by atoms with Gasteiger partial charge in [0.15, 0.2) is 0 Å². The molecule has 0 atom stereocenters. The Hall–Kier alpha value is -2.35. The average Bonchev–Trinajstić information content (AvgIpc) is 3.31. The van der Waals surface area contributed by atoms with Gasteiger partial charge >= 0.3 is 65.0 Å². The van der Waals surface area contributed by atoms with Crippen LogP contribution in [0.25, 0.3) is 11.2 Å². The van der Waals surface area contributed by atoms with Crippen molar-refractivity contribution >= 4 is 141 Å². The number of aromatic amines is 3. The van der Waals surface area contributed by atoms with Gasteiger partial charge in [0, 0.05) is 77.9 Å². The van der Waals surface area contributed by atoms with Crippen molar-refractivity contribution in [3.8, 4) is 0 Å². The average molecular weight is 1180 g/mol. The predicted octanol–water partition coefficient (Wildman–Crippen LogP) is 7.26. The first kappa shape index (κ1) is 48.6. The SMILES string of the molecule is BrBr.Cc1[nH]c(=O)c(N)cc1Br.Cc1[nH]c(=O)c([N+](=O)[O-])cc1Br.Cc1ccc([N+](=O)[O-])c(=O)[nH]1.Cc1nc2oc(=O)n(C)c2cc1Br.[Cl][Sn][Cl]. The molecule has 5 N–H and O–H groups in total. The van der Waals surface area contributed by atoms with E-state index < -0.39 is 51.2 Å². The standard InChI is InChI=1S/C8H7BrN2O2.C6H5BrN2O3.C6H7BrN2O.C6H6N2O3.Br2.2ClH.Sn/c1-4-5(9)3-6-7(10-4)13-8(12)11(6)2;1-3-4(7)2-5(9(11)12)6(10)8-3;1-3-4(7)2-5(8)6(10)9-3;1-4-2-3-5(8(10)11)6(9)7-4;1-2;;;/h3H,1-2H3;2H,1H3,(H,8,10);2H,8H2,1H3,(H,9,10);2-3H,1H3,(H,7,9);;2*1H;/q;;;;;;;+2/p-2. The molecule has 5 rings (SSSR count). The molecule has 5 aromatic heterocycles. The van der Waals surface area contributed by atoms with Crippen molar-refractivity contribution in [3.63, 3.8) is 0 Å². The summed E-state index contributed by atoms with van der Waals surface area (Å²) >= 11 is 14.3. The number of halogens is 7. The van der Waals surface area contributed by atoms with Crippen molar-refractivity contribution in [2.24, 2.45) is 7.05 Å². The van der Waals surface area contributed by atoms with Crippen LogP contribution in [0.2, 0.25) is 0 Å². The van der Waals surface area contributed by atoms with Gasteiger partial charge in [-0.25, -0.2) is 9.78 Å². The third-order valence-electron chi connectivity index (χ3n) is 5.70. The Kier molecular flexibility index (Phi) is 22.9. The van der Waals surface area contributed by atoms with Crippen LogP contribution < -0.4 is 28.2 Å². The van der Waals surface area contributed by atoms with E-state index in [0.29, 0.717) is 27.1 Å². The number of H-pyrrole nitrogens is 3. The van der Waals surface area contributed by atoms with Crippen LogP contribution in [-0.4, -0.2) is 53.2 Å². The normalized spacial score (nSPS) is 9.57. The van der Waals surface area contributed by atoms with Gasteiger partial charge in [-0.15, -0.1) is 0 Å². The molecule has 0 fully saturated rings. The number of pyridine rings is 4. The van der Waals surface area contributed by atoms with Crippen molar-refractivity contribution in [3.05, 3.63) is 128 Å². The summed E-state index contributed by atoms with van der Waals surface area (Å²) in [5.41, 5.74) is 6.97. The van der Waals surface area contributed by atoms with Gasteiger partial charge in [0.25, 0.3) is 5.56 Å². The van der Waals surface area contributed by atoms with Crippen LogP contribution in [0.1, 0.15) is 22.8 Å². The quantitative estimate of drug-likeness (QED) is 0.0777. The number of fused-ring (bicyclic) bond motifs is 1. The van der Waals surface area contributed by atoms with Crippen LogP contribution in [0.4, 0.5) is 17.1 Å². The van der Waals surface area contributed by atoms with E-state index in [0.717, 1.165) is 20.3 Å². The number of nitrogens with zero attached hydrogens (tertiary/aromatic N) is 4. The molecule has 0 aliphatic carbocycles. The fourth-order valence-corrected chi connectivity index (χ4v) is 4.13. The van der Waals surface area contributed by atoms with E-state index in [-0.39, 0.29) is 17.0 Å². The number of aromatic nitrogens is 5. The molecule has 0 spiro atoms. The molecule has 0 amide bonds.